The summed E-state index contributed by atoms with van der Waals surface area (Å²) < 4.78 is 0. The number of fused-ring (bicyclic) bond motifs is 1. The third-order valence-electron chi connectivity index (χ3n) is 1.55. The fourth-order valence-corrected chi connectivity index (χ4v) is 1.07. The second-order valence-electron chi connectivity index (χ2n) is 2.73. The molecular formula is C11H13Cl2SiZr-. The van der Waals surface area contributed by atoms with Crippen molar-refractivity contribution >= 4 is 37.3 Å². The predicted molar refractivity (Wildman–Crippen MR) is 68.7 cm³/mol. The van der Waals surface area contributed by atoms with Crippen LogP contribution >= 0.6 is 17.0 Å². The minimum absolute atomic E-state index is 0.826. The Morgan fingerprint density at radius 1 is 1.13 bits per heavy atom. The fraction of sp³-hybridized carbons (Fsp3) is 0.182. The van der Waals surface area contributed by atoms with Gasteiger partial charge in [0.15, 0.2) is 0 Å². The van der Waals surface area contributed by atoms with Crippen molar-refractivity contribution in [2.24, 2.45) is 0 Å². The Morgan fingerprint density at radius 2 is 1.67 bits per heavy atom. The molecule has 2 radical (unpaired) electrons. The van der Waals surface area contributed by atoms with E-state index in [4.69, 9.17) is 17.0 Å². The van der Waals surface area contributed by atoms with Gasteiger partial charge >= 0.3 is 37.9 Å². The predicted octanol–water partition coefficient (Wildman–Crippen LogP) is 4.72. The molecule has 0 aliphatic carbocycles. The normalized spacial score (nSPS) is 8.27. The minimum atomic E-state index is -0.826. The third-order valence-corrected chi connectivity index (χ3v) is 1.55. The van der Waals surface area contributed by atoms with Crippen LogP contribution < -0.4 is 0 Å². The molecule has 0 N–H and O–H groups in total. The van der Waals surface area contributed by atoms with Gasteiger partial charge in [0.2, 0.25) is 0 Å². The molecule has 0 fully saturated rings. The van der Waals surface area contributed by atoms with Crippen molar-refractivity contribution in [2.45, 2.75) is 13.1 Å². The summed E-state index contributed by atoms with van der Waals surface area (Å²) in [7, 11) is 11.0. The Hall–Kier alpha value is 0.510. The van der Waals surface area contributed by atoms with E-state index in [2.05, 4.69) is 55.6 Å². The Morgan fingerprint density at radius 3 is 2.20 bits per heavy atom. The Bertz CT molecular complexity index is 317. The molecule has 0 unspecified atom stereocenters. The summed E-state index contributed by atoms with van der Waals surface area (Å²) in [4.78, 5) is 0. The van der Waals surface area contributed by atoms with Crippen LogP contribution in [0.25, 0.3) is 10.8 Å². The van der Waals surface area contributed by atoms with E-state index in [1.165, 1.54) is 10.8 Å². The van der Waals surface area contributed by atoms with Gasteiger partial charge in [0, 0.05) is 9.52 Å². The van der Waals surface area contributed by atoms with E-state index < -0.39 is 20.8 Å². The quantitative estimate of drug-likeness (QED) is 0.483. The fourth-order valence-electron chi connectivity index (χ4n) is 1.07. The number of benzene rings is 1. The van der Waals surface area contributed by atoms with Crippen molar-refractivity contribution in [3.8, 4) is 0 Å². The first-order chi connectivity index (χ1) is 7.29. The zero-order valence-electron chi connectivity index (χ0n) is 8.80. The minimum Gasteiger partial charge on any atom is -0.168 e. The smallest absolute Gasteiger partial charge is 0.0809 e. The zero-order chi connectivity index (χ0) is 11.5. The molecule has 0 amide bonds. The van der Waals surface area contributed by atoms with Crippen LogP contribution in [0.2, 0.25) is 13.1 Å². The summed E-state index contributed by atoms with van der Waals surface area (Å²) in [5.74, 6) is 0. The van der Waals surface area contributed by atoms with Crippen LogP contribution in [0.4, 0.5) is 0 Å². The Labute approximate surface area is 113 Å². The summed E-state index contributed by atoms with van der Waals surface area (Å²) in [5.41, 5.74) is 0. The summed E-state index contributed by atoms with van der Waals surface area (Å²) >= 11 is -0.826. The molecule has 0 aliphatic rings. The molecule has 0 bridgehead atoms. The Balaban J connectivity index is 0.000000280. The molecule has 0 aromatic heterocycles. The number of halogens is 2. The van der Waals surface area contributed by atoms with Crippen molar-refractivity contribution in [3.63, 3.8) is 0 Å². The number of hydrogen-bond donors (Lipinski definition) is 0. The van der Waals surface area contributed by atoms with Crippen molar-refractivity contribution in [1.82, 2.24) is 0 Å². The molecule has 0 spiro atoms. The van der Waals surface area contributed by atoms with Crippen LogP contribution in [0.15, 0.2) is 42.5 Å². The Kier molecular flexibility index (Phi) is 11.4. The first-order valence-electron chi connectivity index (χ1n) is 4.45. The van der Waals surface area contributed by atoms with Gasteiger partial charge in [-0.05, 0) is 0 Å². The van der Waals surface area contributed by atoms with E-state index in [9.17, 15) is 0 Å². The van der Waals surface area contributed by atoms with Crippen LogP contribution in [0.3, 0.4) is 0 Å². The molecule has 0 saturated heterocycles. The average molecular weight is 335 g/mol. The third kappa shape index (κ3) is 7.41. The van der Waals surface area contributed by atoms with Gasteiger partial charge in [-0.25, -0.2) is 0 Å². The van der Waals surface area contributed by atoms with E-state index in [0.717, 1.165) is 9.52 Å². The van der Waals surface area contributed by atoms with Crippen molar-refractivity contribution in [2.75, 3.05) is 0 Å². The summed E-state index contributed by atoms with van der Waals surface area (Å²) in [5, 5.41) is 2.66. The van der Waals surface area contributed by atoms with Crippen LogP contribution in [-0.4, -0.2) is 9.52 Å². The second kappa shape index (κ2) is 11.0. The molecule has 2 aromatic rings. The number of rotatable bonds is 0. The van der Waals surface area contributed by atoms with E-state index in [0.29, 0.717) is 0 Å². The van der Waals surface area contributed by atoms with Gasteiger partial charge < -0.3 is 0 Å². The van der Waals surface area contributed by atoms with Gasteiger partial charge in [-0.3, -0.25) is 0 Å². The first-order valence-corrected chi connectivity index (χ1v) is 12.8. The standard InChI is InChI=1S/C9H7.C2H6Si.2ClH.Zr/c1-2-5-9-7-3-6-8(9)4-1;1-3-2;;;/h1-7H;1-2H3;2*1H;/q-1;;;;+2/p-2. The molecule has 0 aliphatic heterocycles. The summed E-state index contributed by atoms with van der Waals surface area (Å²) in [6.45, 7) is 4.31. The second-order valence-corrected chi connectivity index (χ2v) is 7.46. The molecule has 15 heavy (non-hydrogen) atoms. The maximum Gasteiger partial charge on any atom is -0.0809 e. The van der Waals surface area contributed by atoms with E-state index in [1.807, 2.05) is 0 Å². The zero-order valence-corrected chi connectivity index (χ0v) is 13.8. The maximum absolute atomic E-state index is 4.93. The van der Waals surface area contributed by atoms with Crippen molar-refractivity contribution in [1.29, 1.82) is 0 Å². The van der Waals surface area contributed by atoms with Crippen molar-refractivity contribution < 1.29 is 20.8 Å². The van der Waals surface area contributed by atoms with E-state index in [1.54, 1.807) is 0 Å². The van der Waals surface area contributed by atoms with Crippen LogP contribution in [0.5, 0.6) is 0 Å². The molecule has 0 heterocycles. The summed E-state index contributed by atoms with van der Waals surface area (Å²) in [6, 6.07) is 14.7. The maximum atomic E-state index is 4.93. The van der Waals surface area contributed by atoms with Gasteiger partial charge in [-0.1, -0.05) is 19.2 Å². The van der Waals surface area contributed by atoms with Crippen LogP contribution in [0.1, 0.15) is 0 Å². The van der Waals surface area contributed by atoms with Crippen molar-refractivity contribution in [3.05, 3.63) is 42.5 Å². The first kappa shape index (κ1) is 15.5. The van der Waals surface area contributed by atoms with E-state index in [-0.39, 0.29) is 0 Å². The molecule has 2 rings (SSSR count). The summed E-state index contributed by atoms with van der Waals surface area (Å²) in [6.07, 6.45) is 0. The van der Waals surface area contributed by atoms with Gasteiger partial charge in [0.25, 0.3) is 0 Å². The van der Waals surface area contributed by atoms with Gasteiger partial charge in [-0.2, -0.15) is 17.5 Å². The monoisotopic (exact) mass is 333 g/mol. The largest absolute Gasteiger partial charge is 0.168 e. The SMILES string of the molecule is C[Si]C.[Cl][Zr][Cl].c1ccc2[cH-]ccc2c1. The molecule has 2 aromatic carbocycles. The topological polar surface area (TPSA) is 0 Å². The van der Waals surface area contributed by atoms with E-state index >= 15 is 0 Å². The molecule has 80 valence electrons. The average Bonchev–Trinajstić information content (AvgIpc) is 2.67. The van der Waals surface area contributed by atoms with Crippen LogP contribution in [0, 0.1) is 0 Å². The molecular weight excluding hydrogens is 322 g/mol. The van der Waals surface area contributed by atoms with Gasteiger partial charge in [-0.15, -0.1) is 29.7 Å². The molecule has 4 heteroatoms. The van der Waals surface area contributed by atoms with Gasteiger partial charge in [0.05, 0.1) is 0 Å². The van der Waals surface area contributed by atoms with Gasteiger partial charge in [0.1, 0.15) is 0 Å². The molecule has 0 atom stereocenters. The van der Waals surface area contributed by atoms with Crippen LogP contribution in [-0.2, 0) is 20.8 Å². The number of hydrogen-bond acceptors (Lipinski definition) is 0. The molecule has 0 saturated carbocycles. The molecule has 0 nitrogen and oxygen atoms in total.